The molecule has 2 saturated carbocycles. The molecule has 0 radical (unpaired) electrons. The van der Waals surface area contributed by atoms with Crippen LogP contribution in [0.15, 0.2) is 0 Å². The molecule has 2 N–H and O–H groups in total. The molecule has 16 heavy (non-hydrogen) atoms. The van der Waals surface area contributed by atoms with Crippen LogP contribution in [0.2, 0.25) is 0 Å². The Labute approximate surface area is 96.9 Å². The third-order valence-electron chi connectivity index (χ3n) is 4.51. The van der Waals surface area contributed by atoms with E-state index in [-0.39, 0.29) is 6.10 Å². The van der Waals surface area contributed by atoms with E-state index in [9.17, 15) is 15.0 Å². The number of hydrogen-bond acceptors (Lipinski definition) is 2. The van der Waals surface area contributed by atoms with Crippen LogP contribution in [0.25, 0.3) is 0 Å². The zero-order valence-corrected chi connectivity index (χ0v) is 9.98. The fraction of sp³-hybridized carbons (Fsp3) is 0.923. The lowest BCUT2D eigenvalue weighted by Crippen LogP contribution is -2.38. The molecule has 92 valence electrons. The molecule has 0 aromatic heterocycles. The molecule has 2 fully saturated rings. The van der Waals surface area contributed by atoms with Crippen LogP contribution >= 0.6 is 0 Å². The number of carboxylic acids is 1. The second-order valence-corrected chi connectivity index (χ2v) is 5.84. The zero-order chi connectivity index (χ0) is 11.8. The van der Waals surface area contributed by atoms with Crippen LogP contribution in [0, 0.1) is 17.3 Å². The topological polar surface area (TPSA) is 57.5 Å². The summed E-state index contributed by atoms with van der Waals surface area (Å²) in [6.45, 7) is 2.19. The molecule has 0 bridgehead atoms. The molecule has 0 spiro atoms. The van der Waals surface area contributed by atoms with Crippen molar-refractivity contribution in [3.8, 4) is 0 Å². The maximum absolute atomic E-state index is 11.5. The van der Waals surface area contributed by atoms with Crippen LogP contribution in [0.5, 0.6) is 0 Å². The third-order valence-corrected chi connectivity index (χ3v) is 4.51. The number of aliphatic carboxylic acids is 1. The molecule has 2 rings (SSSR count). The van der Waals surface area contributed by atoms with Crippen molar-refractivity contribution in [2.24, 2.45) is 17.3 Å². The van der Waals surface area contributed by atoms with Gasteiger partial charge in [0.15, 0.2) is 0 Å². The number of aliphatic hydroxyl groups is 1. The highest BCUT2D eigenvalue weighted by Crippen LogP contribution is 2.47. The van der Waals surface area contributed by atoms with Crippen LogP contribution in [-0.2, 0) is 4.79 Å². The van der Waals surface area contributed by atoms with Crippen molar-refractivity contribution in [1.82, 2.24) is 0 Å². The molecule has 0 aromatic carbocycles. The molecule has 1 unspecified atom stereocenters. The monoisotopic (exact) mass is 226 g/mol. The second-order valence-electron chi connectivity index (χ2n) is 5.84. The fourth-order valence-corrected chi connectivity index (χ4v) is 3.11. The van der Waals surface area contributed by atoms with Gasteiger partial charge in [0.25, 0.3) is 0 Å². The molecule has 0 saturated heterocycles. The summed E-state index contributed by atoms with van der Waals surface area (Å²) < 4.78 is 0. The Bertz CT molecular complexity index is 262. The summed E-state index contributed by atoms with van der Waals surface area (Å²) in [5.41, 5.74) is -0.540. The van der Waals surface area contributed by atoms with Crippen LogP contribution in [0.4, 0.5) is 0 Å². The van der Waals surface area contributed by atoms with Crippen molar-refractivity contribution in [2.45, 2.75) is 58.0 Å². The first-order chi connectivity index (χ1) is 7.53. The third kappa shape index (κ3) is 2.40. The molecule has 0 aromatic rings. The molecule has 0 amide bonds. The Kier molecular flexibility index (Phi) is 3.24. The smallest absolute Gasteiger partial charge is 0.309 e. The Morgan fingerprint density at radius 3 is 2.31 bits per heavy atom. The van der Waals surface area contributed by atoms with Crippen molar-refractivity contribution in [2.75, 3.05) is 0 Å². The molecule has 0 heterocycles. The highest BCUT2D eigenvalue weighted by Gasteiger charge is 2.44. The number of rotatable bonds is 4. The predicted molar refractivity (Wildman–Crippen MR) is 61.0 cm³/mol. The Morgan fingerprint density at radius 2 is 1.88 bits per heavy atom. The first kappa shape index (κ1) is 11.9. The molecular weight excluding hydrogens is 204 g/mol. The summed E-state index contributed by atoms with van der Waals surface area (Å²) in [5.74, 6) is 0.654. The summed E-state index contributed by atoms with van der Waals surface area (Å²) in [7, 11) is 0. The Morgan fingerprint density at radius 1 is 1.31 bits per heavy atom. The van der Waals surface area contributed by atoms with Gasteiger partial charge in [-0.2, -0.15) is 0 Å². The molecule has 3 heteroatoms. The van der Waals surface area contributed by atoms with E-state index in [4.69, 9.17) is 0 Å². The summed E-state index contributed by atoms with van der Waals surface area (Å²) in [6, 6.07) is 0. The van der Waals surface area contributed by atoms with E-state index >= 15 is 0 Å². The number of aliphatic hydroxyl groups excluding tert-OH is 1. The van der Waals surface area contributed by atoms with Crippen molar-refractivity contribution in [1.29, 1.82) is 0 Å². The summed E-state index contributed by atoms with van der Waals surface area (Å²) in [6.07, 6.45) is 5.71. The highest BCUT2D eigenvalue weighted by atomic mass is 16.4. The lowest BCUT2D eigenvalue weighted by molar-refractivity contribution is -0.154. The fourth-order valence-electron chi connectivity index (χ4n) is 3.11. The minimum absolute atomic E-state index is 0.274. The van der Waals surface area contributed by atoms with E-state index in [2.05, 4.69) is 6.92 Å². The van der Waals surface area contributed by atoms with Gasteiger partial charge in [0.1, 0.15) is 0 Å². The van der Waals surface area contributed by atoms with Gasteiger partial charge in [-0.15, -0.1) is 0 Å². The van der Waals surface area contributed by atoms with Crippen LogP contribution in [0.3, 0.4) is 0 Å². The first-order valence-corrected chi connectivity index (χ1v) is 6.45. The minimum Gasteiger partial charge on any atom is -0.481 e. The van der Waals surface area contributed by atoms with Gasteiger partial charge in [0.2, 0.25) is 0 Å². The van der Waals surface area contributed by atoms with Gasteiger partial charge in [0.05, 0.1) is 11.5 Å². The molecule has 0 aliphatic heterocycles. The SMILES string of the molecule is CC(CC1(C(=O)O)CCC(O)CC1)C1CC1. The average molecular weight is 226 g/mol. The standard InChI is InChI=1S/C13H22O3/c1-9(10-2-3-10)8-13(12(15)16)6-4-11(14)5-7-13/h9-11,14H,2-8H2,1H3,(H,15,16). The number of hydrogen-bond donors (Lipinski definition) is 2. The largest absolute Gasteiger partial charge is 0.481 e. The van der Waals surface area contributed by atoms with Gasteiger partial charge in [-0.3, -0.25) is 4.79 Å². The van der Waals surface area contributed by atoms with Crippen molar-refractivity contribution < 1.29 is 15.0 Å². The van der Waals surface area contributed by atoms with Gasteiger partial charge >= 0.3 is 5.97 Å². The van der Waals surface area contributed by atoms with Crippen LogP contribution in [-0.4, -0.2) is 22.3 Å². The van der Waals surface area contributed by atoms with Crippen LogP contribution < -0.4 is 0 Å². The van der Waals surface area contributed by atoms with E-state index in [0.717, 1.165) is 12.3 Å². The molecule has 3 nitrogen and oxygen atoms in total. The lowest BCUT2D eigenvalue weighted by atomic mass is 9.68. The predicted octanol–water partition coefficient (Wildman–Crippen LogP) is 2.43. The zero-order valence-electron chi connectivity index (χ0n) is 9.98. The van der Waals surface area contributed by atoms with E-state index in [1.165, 1.54) is 12.8 Å². The van der Waals surface area contributed by atoms with Crippen LogP contribution in [0.1, 0.15) is 51.9 Å². The average Bonchev–Trinajstić information content (AvgIpc) is 3.04. The van der Waals surface area contributed by atoms with E-state index < -0.39 is 11.4 Å². The number of carbonyl (C=O) groups is 1. The quantitative estimate of drug-likeness (QED) is 0.774. The first-order valence-electron chi connectivity index (χ1n) is 6.45. The lowest BCUT2D eigenvalue weighted by Gasteiger charge is -2.37. The Hall–Kier alpha value is -0.570. The Balaban J connectivity index is 2.00. The van der Waals surface area contributed by atoms with Gasteiger partial charge in [0, 0.05) is 0 Å². The summed E-state index contributed by atoms with van der Waals surface area (Å²) in [4.78, 5) is 11.5. The van der Waals surface area contributed by atoms with Crippen molar-refractivity contribution in [3.63, 3.8) is 0 Å². The second kappa shape index (κ2) is 4.36. The highest BCUT2D eigenvalue weighted by molar-refractivity contribution is 5.74. The van der Waals surface area contributed by atoms with Gasteiger partial charge in [-0.25, -0.2) is 0 Å². The van der Waals surface area contributed by atoms with Gasteiger partial charge < -0.3 is 10.2 Å². The minimum atomic E-state index is -0.646. The van der Waals surface area contributed by atoms with E-state index in [0.29, 0.717) is 31.6 Å². The summed E-state index contributed by atoms with van der Waals surface area (Å²) in [5, 5.41) is 18.9. The molecule has 2 aliphatic rings. The normalized spacial score (nSPS) is 37.0. The van der Waals surface area contributed by atoms with Crippen molar-refractivity contribution >= 4 is 5.97 Å². The number of carboxylic acid groups (broad SMARTS) is 1. The molecule has 2 aliphatic carbocycles. The van der Waals surface area contributed by atoms with Crippen molar-refractivity contribution in [3.05, 3.63) is 0 Å². The molecule has 1 atom stereocenters. The summed E-state index contributed by atoms with van der Waals surface area (Å²) >= 11 is 0. The molecular formula is C13H22O3. The van der Waals surface area contributed by atoms with Gasteiger partial charge in [-0.05, 0) is 56.8 Å². The van der Waals surface area contributed by atoms with E-state index in [1.807, 2.05) is 0 Å². The maximum atomic E-state index is 11.5. The van der Waals surface area contributed by atoms with E-state index in [1.54, 1.807) is 0 Å². The maximum Gasteiger partial charge on any atom is 0.309 e. The van der Waals surface area contributed by atoms with Gasteiger partial charge in [-0.1, -0.05) is 6.92 Å².